The van der Waals surface area contributed by atoms with Crippen LogP contribution in [0.3, 0.4) is 0 Å². The SMILES string of the molecule is COC(=O)C[C@H]1c2ccccc2S(=O)(=O)N1c1cccc(OC)c1. The highest BCUT2D eigenvalue weighted by Gasteiger charge is 2.43. The Morgan fingerprint density at radius 1 is 1.12 bits per heavy atom. The van der Waals surface area contributed by atoms with Crippen LogP contribution >= 0.6 is 0 Å². The van der Waals surface area contributed by atoms with Crippen molar-refractivity contribution in [3.8, 4) is 5.75 Å². The molecular weight excluding hydrogens is 330 g/mol. The molecule has 0 saturated heterocycles. The standard InChI is InChI=1S/C17H17NO5S/c1-22-13-7-5-6-12(10-13)18-15(11-17(19)23-2)14-8-3-4-9-16(14)24(18,20)21/h3-10,15H,11H2,1-2H3/t15-/m0/s1. The molecule has 3 rings (SSSR count). The van der Waals surface area contributed by atoms with Crippen molar-refractivity contribution < 1.29 is 22.7 Å². The Labute approximate surface area is 140 Å². The van der Waals surface area contributed by atoms with Crippen LogP contribution in [0.1, 0.15) is 18.0 Å². The van der Waals surface area contributed by atoms with Gasteiger partial charge < -0.3 is 9.47 Å². The molecule has 6 nitrogen and oxygen atoms in total. The zero-order valence-corrected chi connectivity index (χ0v) is 14.1. The Hall–Kier alpha value is -2.54. The Morgan fingerprint density at radius 2 is 1.88 bits per heavy atom. The Balaban J connectivity index is 2.16. The molecule has 126 valence electrons. The number of sulfonamides is 1. The van der Waals surface area contributed by atoms with Crippen molar-refractivity contribution in [1.29, 1.82) is 0 Å². The predicted molar refractivity (Wildman–Crippen MR) is 88.5 cm³/mol. The van der Waals surface area contributed by atoms with E-state index in [1.165, 1.54) is 18.5 Å². The number of esters is 1. The van der Waals surface area contributed by atoms with Crippen LogP contribution in [0.2, 0.25) is 0 Å². The quantitative estimate of drug-likeness (QED) is 0.795. The average Bonchev–Trinajstić information content (AvgIpc) is 2.82. The number of nitrogens with zero attached hydrogens (tertiary/aromatic N) is 1. The molecule has 0 amide bonds. The van der Waals surface area contributed by atoms with Crippen molar-refractivity contribution in [2.75, 3.05) is 18.5 Å². The first-order chi connectivity index (χ1) is 11.5. The van der Waals surface area contributed by atoms with Gasteiger partial charge in [0.25, 0.3) is 10.0 Å². The van der Waals surface area contributed by atoms with Crippen LogP contribution in [0.15, 0.2) is 53.4 Å². The summed E-state index contributed by atoms with van der Waals surface area (Å²) in [7, 11) is -0.960. The normalized spacial score (nSPS) is 18.1. The van der Waals surface area contributed by atoms with E-state index in [0.29, 0.717) is 17.0 Å². The number of anilines is 1. The number of rotatable bonds is 4. The third-order valence-corrected chi connectivity index (χ3v) is 5.90. The third-order valence-electron chi connectivity index (χ3n) is 3.99. The van der Waals surface area contributed by atoms with Crippen molar-refractivity contribution >= 4 is 21.7 Å². The highest BCUT2D eigenvalue weighted by molar-refractivity contribution is 7.93. The van der Waals surface area contributed by atoms with Crippen molar-refractivity contribution in [2.45, 2.75) is 17.4 Å². The van der Waals surface area contributed by atoms with Crippen LogP contribution in [0.4, 0.5) is 5.69 Å². The minimum absolute atomic E-state index is 0.0655. The first-order valence-electron chi connectivity index (χ1n) is 7.33. The van der Waals surface area contributed by atoms with Gasteiger partial charge in [-0.3, -0.25) is 9.10 Å². The number of carbonyl (C=O) groups is 1. The van der Waals surface area contributed by atoms with Crippen LogP contribution in [-0.4, -0.2) is 28.6 Å². The van der Waals surface area contributed by atoms with E-state index >= 15 is 0 Å². The van der Waals surface area contributed by atoms with Gasteiger partial charge >= 0.3 is 5.97 Å². The predicted octanol–water partition coefficient (Wildman–Crippen LogP) is 2.51. The van der Waals surface area contributed by atoms with Crippen molar-refractivity contribution in [1.82, 2.24) is 0 Å². The molecule has 1 aliphatic heterocycles. The van der Waals surface area contributed by atoms with E-state index in [-0.39, 0.29) is 11.3 Å². The molecule has 1 atom stereocenters. The lowest BCUT2D eigenvalue weighted by Crippen LogP contribution is -2.29. The number of hydrogen-bond acceptors (Lipinski definition) is 5. The number of fused-ring (bicyclic) bond motifs is 1. The molecule has 0 aromatic heterocycles. The Kier molecular flexibility index (Phi) is 4.19. The van der Waals surface area contributed by atoms with Crippen LogP contribution < -0.4 is 9.04 Å². The Bertz CT molecular complexity index is 878. The van der Waals surface area contributed by atoms with Gasteiger partial charge in [0.1, 0.15) is 5.75 Å². The fourth-order valence-corrected chi connectivity index (χ4v) is 4.77. The maximum Gasteiger partial charge on any atom is 0.307 e. The summed E-state index contributed by atoms with van der Waals surface area (Å²) in [6.45, 7) is 0. The average molecular weight is 347 g/mol. The second-order valence-corrected chi connectivity index (χ2v) is 7.12. The molecule has 0 saturated carbocycles. The molecule has 0 unspecified atom stereocenters. The highest BCUT2D eigenvalue weighted by Crippen LogP contribution is 2.44. The van der Waals surface area contributed by atoms with Crippen molar-refractivity contribution in [2.24, 2.45) is 0 Å². The van der Waals surface area contributed by atoms with Crippen molar-refractivity contribution in [3.05, 3.63) is 54.1 Å². The van der Waals surface area contributed by atoms with E-state index in [1.807, 2.05) is 0 Å². The maximum absolute atomic E-state index is 13.0. The summed E-state index contributed by atoms with van der Waals surface area (Å²) in [6.07, 6.45) is -0.0655. The maximum atomic E-state index is 13.0. The smallest absolute Gasteiger partial charge is 0.307 e. The first kappa shape index (κ1) is 16.3. The van der Waals surface area contributed by atoms with Gasteiger partial charge in [0.2, 0.25) is 0 Å². The fraction of sp³-hybridized carbons (Fsp3) is 0.235. The first-order valence-corrected chi connectivity index (χ1v) is 8.77. The summed E-state index contributed by atoms with van der Waals surface area (Å²) in [4.78, 5) is 12.0. The van der Waals surface area contributed by atoms with Crippen LogP contribution in [0, 0.1) is 0 Å². The van der Waals surface area contributed by atoms with Crippen LogP contribution in [0.5, 0.6) is 5.75 Å². The van der Waals surface area contributed by atoms with Crippen molar-refractivity contribution in [3.63, 3.8) is 0 Å². The summed E-state index contributed by atoms with van der Waals surface area (Å²) >= 11 is 0. The molecule has 24 heavy (non-hydrogen) atoms. The van der Waals surface area contributed by atoms with Gasteiger partial charge in [-0.25, -0.2) is 8.42 Å². The van der Waals surface area contributed by atoms with Gasteiger partial charge in [-0.05, 0) is 23.8 Å². The van der Waals surface area contributed by atoms with Crippen LogP contribution in [0.25, 0.3) is 0 Å². The number of ether oxygens (including phenoxy) is 2. The monoisotopic (exact) mass is 347 g/mol. The molecule has 0 bridgehead atoms. The second-order valence-electron chi connectivity index (χ2n) is 5.34. The van der Waals surface area contributed by atoms with Gasteiger partial charge in [0, 0.05) is 6.07 Å². The number of benzene rings is 2. The molecule has 0 radical (unpaired) electrons. The van der Waals surface area contributed by atoms with E-state index in [2.05, 4.69) is 0 Å². The Morgan fingerprint density at radius 3 is 2.58 bits per heavy atom. The second kappa shape index (κ2) is 6.16. The summed E-state index contributed by atoms with van der Waals surface area (Å²) in [5.41, 5.74) is 1.03. The molecule has 2 aromatic carbocycles. The molecule has 0 spiro atoms. The molecule has 0 N–H and O–H groups in total. The lowest BCUT2D eigenvalue weighted by molar-refractivity contribution is -0.141. The molecule has 7 heteroatoms. The minimum atomic E-state index is -3.76. The molecule has 1 heterocycles. The lowest BCUT2D eigenvalue weighted by Gasteiger charge is -2.25. The zero-order chi connectivity index (χ0) is 17.3. The molecule has 1 aliphatic rings. The van der Waals surface area contributed by atoms with E-state index in [0.717, 1.165) is 0 Å². The zero-order valence-electron chi connectivity index (χ0n) is 13.3. The number of carbonyl (C=O) groups excluding carboxylic acids is 1. The summed E-state index contributed by atoms with van der Waals surface area (Å²) in [6, 6.07) is 12.8. The molecular formula is C17H17NO5S. The lowest BCUT2D eigenvalue weighted by atomic mass is 10.0. The number of hydrogen-bond donors (Lipinski definition) is 0. The topological polar surface area (TPSA) is 72.9 Å². The van der Waals surface area contributed by atoms with E-state index in [1.54, 1.807) is 48.5 Å². The van der Waals surface area contributed by atoms with E-state index in [9.17, 15) is 13.2 Å². The largest absolute Gasteiger partial charge is 0.497 e. The fourth-order valence-electron chi connectivity index (χ4n) is 2.89. The van der Waals surface area contributed by atoms with Gasteiger partial charge in [0.05, 0.1) is 37.3 Å². The van der Waals surface area contributed by atoms with Gasteiger partial charge in [-0.2, -0.15) is 0 Å². The molecule has 0 fully saturated rings. The van der Waals surface area contributed by atoms with Crippen LogP contribution in [-0.2, 0) is 19.6 Å². The summed E-state index contributed by atoms with van der Waals surface area (Å²) in [5.74, 6) is 0.0651. The summed E-state index contributed by atoms with van der Waals surface area (Å²) in [5, 5.41) is 0. The highest BCUT2D eigenvalue weighted by atomic mass is 32.2. The van der Waals surface area contributed by atoms with E-state index < -0.39 is 22.0 Å². The minimum Gasteiger partial charge on any atom is -0.497 e. The summed E-state index contributed by atoms with van der Waals surface area (Å²) < 4.78 is 37.2. The third kappa shape index (κ3) is 2.60. The van der Waals surface area contributed by atoms with E-state index in [4.69, 9.17) is 9.47 Å². The molecule has 2 aromatic rings. The number of methoxy groups -OCH3 is 2. The van der Waals surface area contributed by atoms with Gasteiger partial charge in [0.15, 0.2) is 0 Å². The molecule has 0 aliphatic carbocycles. The van der Waals surface area contributed by atoms with Gasteiger partial charge in [-0.1, -0.05) is 24.3 Å². The van der Waals surface area contributed by atoms with Gasteiger partial charge in [-0.15, -0.1) is 0 Å².